The first-order valence-corrected chi connectivity index (χ1v) is 8.09. The molecule has 1 aromatic heterocycles. The van der Waals surface area contributed by atoms with Crippen molar-refractivity contribution in [1.82, 2.24) is 4.90 Å². The number of likely N-dealkylation sites (tertiary alicyclic amines) is 1. The Morgan fingerprint density at radius 1 is 1.56 bits per heavy atom. The predicted molar refractivity (Wildman–Crippen MR) is 79.9 cm³/mol. The fourth-order valence-corrected chi connectivity index (χ4v) is 4.14. The van der Waals surface area contributed by atoms with Crippen LogP contribution in [-0.2, 0) is 0 Å². The van der Waals surface area contributed by atoms with E-state index in [9.17, 15) is 5.11 Å². The zero-order chi connectivity index (χ0) is 13.2. The van der Waals surface area contributed by atoms with Crippen LogP contribution < -0.4 is 5.73 Å². The number of hydrogen-bond acceptors (Lipinski definition) is 4. The summed E-state index contributed by atoms with van der Waals surface area (Å²) in [5, 5.41) is 12.2. The largest absolute Gasteiger partial charge is 0.390 e. The van der Waals surface area contributed by atoms with E-state index in [-0.39, 0.29) is 6.04 Å². The Hall–Kier alpha value is 0.0600. The van der Waals surface area contributed by atoms with Crippen molar-refractivity contribution in [3.63, 3.8) is 0 Å². The van der Waals surface area contributed by atoms with E-state index >= 15 is 0 Å². The molecule has 0 spiro atoms. The van der Waals surface area contributed by atoms with Gasteiger partial charge in [0.25, 0.3) is 0 Å². The minimum absolute atomic E-state index is 0.287. The second-order valence-corrected chi connectivity index (χ2v) is 7.16. The Morgan fingerprint density at radius 3 is 2.94 bits per heavy atom. The number of thiophene rings is 1. The highest BCUT2D eigenvalue weighted by atomic mass is 79.9. The zero-order valence-corrected chi connectivity index (χ0v) is 13.1. The van der Waals surface area contributed by atoms with E-state index in [0.29, 0.717) is 6.54 Å². The lowest BCUT2D eigenvalue weighted by molar-refractivity contribution is 0.0432. The molecule has 0 bridgehead atoms. The predicted octanol–water partition coefficient (Wildman–Crippen LogP) is 2.75. The third kappa shape index (κ3) is 3.54. The van der Waals surface area contributed by atoms with E-state index in [2.05, 4.69) is 32.3 Å². The summed E-state index contributed by atoms with van der Waals surface area (Å²) in [7, 11) is 0. The molecule has 2 atom stereocenters. The summed E-state index contributed by atoms with van der Waals surface area (Å²) in [5.74, 6) is 0. The van der Waals surface area contributed by atoms with E-state index in [1.54, 1.807) is 11.3 Å². The quantitative estimate of drug-likeness (QED) is 0.894. The van der Waals surface area contributed by atoms with E-state index in [0.717, 1.165) is 36.8 Å². The van der Waals surface area contributed by atoms with Crippen molar-refractivity contribution >= 4 is 27.3 Å². The lowest BCUT2D eigenvalue weighted by Crippen LogP contribution is -2.35. The Bertz CT molecular complexity index is 394. The smallest absolute Gasteiger partial charge is 0.0632 e. The maximum absolute atomic E-state index is 10.1. The van der Waals surface area contributed by atoms with E-state index in [4.69, 9.17) is 5.73 Å². The SMILES string of the molecule is CC1(O)CCCN(C(CN)c2cc(Br)cs2)CC1. The molecule has 0 saturated carbocycles. The zero-order valence-electron chi connectivity index (χ0n) is 10.7. The van der Waals surface area contributed by atoms with Gasteiger partial charge in [0.05, 0.1) is 11.6 Å². The molecule has 3 nitrogen and oxygen atoms in total. The second-order valence-electron chi connectivity index (χ2n) is 5.31. The molecule has 1 saturated heterocycles. The van der Waals surface area contributed by atoms with Crippen LogP contribution in [0.15, 0.2) is 15.9 Å². The molecule has 1 aliphatic heterocycles. The molecule has 0 amide bonds. The molecular weight excluding hydrogens is 312 g/mol. The number of halogens is 1. The van der Waals surface area contributed by atoms with Crippen molar-refractivity contribution in [2.45, 2.75) is 37.8 Å². The summed E-state index contributed by atoms with van der Waals surface area (Å²) >= 11 is 5.25. The van der Waals surface area contributed by atoms with Crippen LogP contribution in [0.5, 0.6) is 0 Å². The maximum Gasteiger partial charge on any atom is 0.0632 e. The monoisotopic (exact) mass is 332 g/mol. The van der Waals surface area contributed by atoms with Crippen LogP contribution >= 0.6 is 27.3 Å². The van der Waals surface area contributed by atoms with Gasteiger partial charge in [-0.3, -0.25) is 4.90 Å². The van der Waals surface area contributed by atoms with Crippen LogP contribution in [0.3, 0.4) is 0 Å². The maximum atomic E-state index is 10.1. The lowest BCUT2D eigenvalue weighted by Gasteiger charge is -2.29. The average Bonchev–Trinajstić information content (AvgIpc) is 2.64. The minimum atomic E-state index is -0.510. The first kappa shape index (κ1) is 14.5. The molecular formula is C13H21BrN2OS. The van der Waals surface area contributed by atoms with Gasteiger partial charge < -0.3 is 10.8 Å². The fourth-order valence-electron chi connectivity index (χ4n) is 2.54. The van der Waals surface area contributed by atoms with Gasteiger partial charge in [-0.05, 0) is 54.7 Å². The normalized spacial score (nSPS) is 28.0. The minimum Gasteiger partial charge on any atom is -0.390 e. The Labute approximate surface area is 121 Å². The van der Waals surface area contributed by atoms with Gasteiger partial charge in [0.15, 0.2) is 0 Å². The van der Waals surface area contributed by atoms with Crippen molar-refractivity contribution in [3.8, 4) is 0 Å². The summed E-state index contributed by atoms with van der Waals surface area (Å²) in [4.78, 5) is 3.73. The number of nitrogens with two attached hydrogens (primary N) is 1. The summed E-state index contributed by atoms with van der Waals surface area (Å²) in [6.45, 7) is 4.52. The van der Waals surface area contributed by atoms with E-state index < -0.39 is 5.60 Å². The van der Waals surface area contributed by atoms with Gasteiger partial charge in [-0.25, -0.2) is 0 Å². The molecule has 0 aromatic carbocycles. The lowest BCUT2D eigenvalue weighted by atomic mass is 9.98. The van der Waals surface area contributed by atoms with Crippen LogP contribution in [0.4, 0.5) is 0 Å². The topological polar surface area (TPSA) is 49.5 Å². The summed E-state index contributed by atoms with van der Waals surface area (Å²) in [6.07, 6.45) is 2.75. The van der Waals surface area contributed by atoms with Crippen LogP contribution in [0.2, 0.25) is 0 Å². The molecule has 3 N–H and O–H groups in total. The number of rotatable bonds is 3. The molecule has 1 aromatic rings. The summed E-state index contributed by atoms with van der Waals surface area (Å²) < 4.78 is 1.13. The molecule has 18 heavy (non-hydrogen) atoms. The van der Waals surface area contributed by atoms with Gasteiger partial charge >= 0.3 is 0 Å². The highest BCUT2D eigenvalue weighted by Crippen LogP contribution is 2.32. The van der Waals surface area contributed by atoms with Crippen LogP contribution in [0, 0.1) is 0 Å². The van der Waals surface area contributed by atoms with Crippen LogP contribution in [0.1, 0.15) is 37.1 Å². The molecule has 0 aliphatic carbocycles. The Balaban J connectivity index is 2.08. The van der Waals surface area contributed by atoms with E-state index in [1.165, 1.54) is 4.88 Å². The first-order chi connectivity index (χ1) is 8.52. The average molecular weight is 333 g/mol. The third-order valence-corrected chi connectivity index (χ3v) is 5.47. The van der Waals surface area contributed by atoms with Crippen molar-refractivity contribution in [1.29, 1.82) is 0 Å². The van der Waals surface area contributed by atoms with Gasteiger partial charge in [-0.2, -0.15) is 0 Å². The van der Waals surface area contributed by atoms with Gasteiger partial charge in [0.1, 0.15) is 0 Å². The standard InChI is InChI=1S/C13H21BrN2OS/c1-13(17)3-2-5-16(6-4-13)11(8-15)12-7-10(14)9-18-12/h7,9,11,17H,2-6,8,15H2,1H3. The number of nitrogens with zero attached hydrogens (tertiary/aromatic N) is 1. The van der Waals surface area contributed by atoms with Crippen molar-refractivity contribution < 1.29 is 5.11 Å². The number of aliphatic hydroxyl groups is 1. The molecule has 2 heterocycles. The Kier molecular flexibility index (Phi) is 4.83. The van der Waals surface area contributed by atoms with Gasteiger partial charge in [0, 0.05) is 27.8 Å². The summed E-state index contributed by atoms with van der Waals surface area (Å²) in [5.41, 5.74) is 5.44. The van der Waals surface area contributed by atoms with Crippen molar-refractivity contribution in [3.05, 3.63) is 20.8 Å². The summed E-state index contributed by atoms with van der Waals surface area (Å²) in [6, 6.07) is 2.45. The van der Waals surface area contributed by atoms with E-state index in [1.807, 2.05) is 6.92 Å². The molecule has 102 valence electrons. The first-order valence-electron chi connectivity index (χ1n) is 6.42. The van der Waals surface area contributed by atoms with Crippen molar-refractivity contribution in [2.24, 2.45) is 5.73 Å². The second kappa shape index (κ2) is 6.01. The van der Waals surface area contributed by atoms with Crippen molar-refractivity contribution in [2.75, 3.05) is 19.6 Å². The van der Waals surface area contributed by atoms with Gasteiger partial charge in [0.2, 0.25) is 0 Å². The molecule has 1 fully saturated rings. The Morgan fingerprint density at radius 2 is 2.33 bits per heavy atom. The molecule has 2 unspecified atom stereocenters. The van der Waals surface area contributed by atoms with Gasteiger partial charge in [-0.15, -0.1) is 11.3 Å². The van der Waals surface area contributed by atoms with Crippen LogP contribution in [0.25, 0.3) is 0 Å². The molecule has 1 aliphatic rings. The highest BCUT2D eigenvalue weighted by molar-refractivity contribution is 9.10. The third-order valence-electron chi connectivity index (χ3n) is 3.68. The van der Waals surface area contributed by atoms with Gasteiger partial charge in [-0.1, -0.05) is 0 Å². The highest BCUT2D eigenvalue weighted by Gasteiger charge is 2.28. The van der Waals surface area contributed by atoms with Crippen LogP contribution in [-0.4, -0.2) is 35.2 Å². The molecule has 0 radical (unpaired) electrons. The number of hydrogen-bond donors (Lipinski definition) is 2. The molecule has 2 rings (SSSR count). The molecule has 5 heteroatoms. The fraction of sp³-hybridized carbons (Fsp3) is 0.692.